The highest BCUT2D eigenvalue weighted by Crippen LogP contribution is 2.47. The summed E-state index contributed by atoms with van der Waals surface area (Å²) in [6.07, 6.45) is -0.0499. The molecule has 12 rings (SSSR count). The van der Waals surface area contributed by atoms with Crippen molar-refractivity contribution in [2.24, 2.45) is 5.41 Å². The molecule has 0 amide bonds. The molecule has 5 nitrogen and oxygen atoms in total. The molecule has 1 aliphatic rings. The van der Waals surface area contributed by atoms with Crippen molar-refractivity contribution in [3.63, 3.8) is 0 Å². The lowest BCUT2D eigenvalue weighted by Crippen LogP contribution is -2.17. The number of ether oxygens (including phenoxy) is 1. The predicted molar refractivity (Wildman–Crippen MR) is 324 cm³/mol. The highest BCUT2D eigenvalue weighted by molar-refractivity contribution is 6.23. The highest BCUT2D eigenvalue weighted by atomic mass is 16.5. The maximum absolute atomic E-state index is 10.0. The zero-order valence-electron chi connectivity index (χ0n) is 55.7. The first-order valence-electron chi connectivity index (χ1n) is 31.7. The Kier molecular flexibility index (Phi) is 8.88. The second-order valence-electron chi connectivity index (χ2n) is 23.6. The molecule has 0 saturated heterocycles. The van der Waals surface area contributed by atoms with E-state index in [4.69, 9.17) is 22.1 Å². The van der Waals surface area contributed by atoms with Gasteiger partial charge in [0.15, 0.2) is 0 Å². The number of rotatable bonds is 6. The van der Waals surface area contributed by atoms with Crippen molar-refractivity contribution in [2.45, 2.75) is 112 Å². The highest BCUT2D eigenvalue weighted by Gasteiger charge is 2.28. The van der Waals surface area contributed by atoms with Gasteiger partial charge in [0, 0.05) is 66.2 Å². The lowest BCUT2D eigenvalue weighted by molar-refractivity contribution is 0.413. The quantitative estimate of drug-likeness (QED) is 0.166. The number of fused-ring (bicyclic) bond motifs is 10. The standard InChI is InChI=1S/C71H70N4O/c1-68(2,3)43-45-21-17-28-58-54-24-13-14-25-55(54)59-29-20-32-62-67(59)74(66-53(27-19-30-60(66)65(45)58)46-37-48(70(7,8)9)39-49(38-46)71(10,11)12)44-73(62)50-22-18-23-51(41-50)76-52-33-34-57-56-26-15-16-31-61(56)75(63(57)42-52)64-40-47(35-36-72-64)69(4,5)6/h13-42H,43-44H2,1-12H3/i7D3,8D3,9D3,43D2. The van der Waals surface area contributed by atoms with Crippen LogP contribution in [0.3, 0.4) is 0 Å². The monoisotopic (exact) mass is 1010 g/mol. The third-order valence-corrected chi connectivity index (χ3v) is 14.9. The molecule has 0 fully saturated rings. The van der Waals surface area contributed by atoms with E-state index in [9.17, 15) is 2.74 Å². The third kappa shape index (κ3) is 8.64. The van der Waals surface area contributed by atoms with Gasteiger partial charge in [-0.25, -0.2) is 4.98 Å². The van der Waals surface area contributed by atoms with Gasteiger partial charge < -0.3 is 14.2 Å². The summed E-state index contributed by atoms with van der Waals surface area (Å²) in [5.74, 6) is 2.02. The molecule has 3 aromatic heterocycles. The van der Waals surface area contributed by atoms with Crippen LogP contribution < -0.4 is 9.64 Å². The normalized spacial score (nSPS) is 16.1. The molecule has 76 heavy (non-hydrogen) atoms. The van der Waals surface area contributed by atoms with Crippen LogP contribution in [-0.2, 0) is 29.3 Å². The van der Waals surface area contributed by atoms with Crippen LogP contribution >= 0.6 is 0 Å². The van der Waals surface area contributed by atoms with E-state index < -0.39 is 43.2 Å². The van der Waals surface area contributed by atoms with Gasteiger partial charge >= 0.3 is 0 Å². The van der Waals surface area contributed by atoms with E-state index >= 15 is 0 Å². The summed E-state index contributed by atoms with van der Waals surface area (Å²) >= 11 is 0. The minimum atomic E-state index is -3.52. The zero-order chi connectivity index (χ0) is 62.3. The van der Waals surface area contributed by atoms with Crippen LogP contribution in [0, 0.1) is 5.41 Å². The van der Waals surface area contributed by atoms with Gasteiger partial charge in [-0.2, -0.15) is 0 Å². The summed E-state index contributed by atoms with van der Waals surface area (Å²) in [5.41, 5.74) is 2.78. The SMILES string of the molecule is [2H]C([2H])([2H])C(c1cc(-c2cccc3c4c(C([2H])([2H])C(C)(C)C)cccc4c4ccccc4c4cccc5c4n(c23)CN5c2cccc(Oc3ccc4c5ccccc5n(-c5cc(C(C)(C)C)ccn5)c4c3)c2)cc(C(C)(C)C)c1)(C([2H])([2H])[2H])C([2H])([2H])[2H]. The van der Waals surface area contributed by atoms with Gasteiger partial charge in [-0.05, 0) is 126 Å². The summed E-state index contributed by atoms with van der Waals surface area (Å²) in [5, 5.41) is 6.92. The van der Waals surface area contributed by atoms with Gasteiger partial charge in [0.1, 0.15) is 24.0 Å². The van der Waals surface area contributed by atoms with E-state index in [2.05, 4.69) is 95.5 Å². The number of benzene rings is 8. The molecule has 5 heteroatoms. The van der Waals surface area contributed by atoms with Gasteiger partial charge in [0.2, 0.25) is 0 Å². The predicted octanol–water partition coefficient (Wildman–Crippen LogP) is 19.8. The van der Waals surface area contributed by atoms with E-state index in [0.717, 1.165) is 66.1 Å². The van der Waals surface area contributed by atoms with Crippen LogP contribution in [0.25, 0.3) is 82.1 Å². The minimum Gasteiger partial charge on any atom is -0.457 e. The zero-order valence-corrected chi connectivity index (χ0v) is 44.7. The smallest absolute Gasteiger partial charge is 0.137 e. The number of hydrogen-bond acceptors (Lipinski definition) is 3. The Balaban J connectivity index is 1.14. The largest absolute Gasteiger partial charge is 0.457 e. The van der Waals surface area contributed by atoms with Gasteiger partial charge in [-0.15, -0.1) is 0 Å². The maximum Gasteiger partial charge on any atom is 0.137 e. The van der Waals surface area contributed by atoms with Crippen LogP contribution in [0.5, 0.6) is 11.5 Å². The number of hydrogen-bond donors (Lipinski definition) is 0. The Morgan fingerprint density at radius 1 is 0.513 bits per heavy atom. The van der Waals surface area contributed by atoms with Crippen molar-refractivity contribution in [3.8, 4) is 28.4 Å². The summed E-state index contributed by atoms with van der Waals surface area (Å²) in [7, 11) is 0. The van der Waals surface area contributed by atoms with Gasteiger partial charge in [-0.1, -0.05) is 198 Å². The molecule has 1 aliphatic heterocycles. The molecule has 11 aromatic rings. The molecular weight excluding hydrogens is 925 g/mol. The van der Waals surface area contributed by atoms with Crippen molar-refractivity contribution in [2.75, 3.05) is 4.90 Å². The molecule has 8 aromatic carbocycles. The van der Waals surface area contributed by atoms with E-state index in [0.29, 0.717) is 50.0 Å². The molecule has 0 spiro atoms. The molecule has 0 atom stereocenters. The molecule has 0 bridgehead atoms. The first-order valence-corrected chi connectivity index (χ1v) is 26.2. The van der Waals surface area contributed by atoms with E-state index in [1.54, 1.807) is 0 Å². The number of pyridine rings is 1. The van der Waals surface area contributed by atoms with E-state index in [-0.39, 0.29) is 17.6 Å². The number of aromatic nitrogens is 3. The van der Waals surface area contributed by atoms with Crippen LogP contribution in [0.15, 0.2) is 182 Å². The molecule has 0 N–H and O–H groups in total. The maximum atomic E-state index is 10.0. The van der Waals surface area contributed by atoms with Gasteiger partial charge in [-0.3, -0.25) is 4.57 Å². The second-order valence-corrected chi connectivity index (χ2v) is 23.6. The Labute approximate surface area is 464 Å². The van der Waals surface area contributed by atoms with Crippen LogP contribution in [0.4, 0.5) is 11.4 Å². The lowest BCUT2D eigenvalue weighted by atomic mass is 9.78. The van der Waals surface area contributed by atoms with Crippen molar-refractivity contribution in [1.29, 1.82) is 0 Å². The summed E-state index contributed by atoms with van der Waals surface area (Å²) in [4.78, 5) is 7.11. The molecule has 4 heterocycles. The van der Waals surface area contributed by atoms with Crippen molar-refractivity contribution in [1.82, 2.24) is 14.1 Å². The van der Waals surface area contributed by atoms with E-state index in [1.165, 1.54) is 17.7 Å². The molecule has 0 saturated carbocycles. The Morgan fingerprint density at radius 2 is 1.14 bits per heavy atom. The Morgan fingerprint density at radius 3 is 1.89 bits per heavy atom. The molecule has 0 aliphatic carbocycles. The summed E-state index contributed by atoms with van der Waals surface area (Å²) in [6, 6.07) is 57.4. The number of para-hydroxylation sites is 3. The fourth-order valence-corrected chi connectivity index (χ4v) is 11.3. The van der Waals surface area contributed by atoms with Crippen molar-refractivity contribution < 1.29 is 19.8 Å². The Bertz CT molecular complexity index is 4620. The van der Waals surface area contributed by atoms with Crippen LogP contribution in [0.2, 0.25) is 0 Å². The third-order valence-electron chi connectivity index (χ3n) is 14.9. The molecule has 0 radical (unpaired) electrons. The average molecular weight is 1010 g/mol. The van der Waals surface area contributed by atoms with Crippen molar-refractivity contribution >= 4 is 76.5 Å². The summed E-state index contributed by atoms with van der Waals surface area (Å²) < 4.78 is 111. The first-order chi connectivity index (χ1) is 40.7. The van der Waals surface area contributed by atoms with Crippen LogP contribution in [-0.4, -0.2) is 14.1 Å². The minimum absolute atomic E-state index is 0.0983. The number of anilines is 2. The second kappa shape index (κ2) is 17.9. The first kappa shape index (κ1) is 37.8. The lowest BCUT2D eigenvalue weighted by Gasteiger charge is -2.27. The molecular formula is C71H70N4O. The fraction of sp³-hybridized carbons (Fsp3) is 0.254. The topological polar surface area (TPSA) is 35.2 Å². The number of nitrogens with zero attached hydrogens (tertiary/aromatic N) is 4. The van der Waals surface area contributed by atoms with E-state index in [1.807, 2.05) is 151 Å². The molecule has 0 unspecified atom stereocenters. The van der Waals surface area contributed by atoms with Gasteiger partial charge in [0.05, 0.1) is 27.8 Å². The Hall–Kier alpha value is -7.89. The van der Waals surface area contributed by atoms with Crippen LogP contribution in [0.1, 0.15) is 120 Å². The molecule has 380 valence electrons. The van der Waals surface area contributed by atoms with Crippen molar-refractivity contribution in [3.05, 3.63) is 204 Å². The van der Waals surface area contributed by atoms with Gasteiger partial charge in [0.25, 0.3) is 0 Å². The fourth-order valence-electron chi connectivity index (χ4n) is 11.3. The summed E-state index contributed by atoms with van der Waals surface area (Å²) in [6.45, 7) is 7.65. The average Bonchev–Trinajstić information content (AvgIpc) is 1.36.